The Morgan fingerprint density at radius 2 is 2.05 bits per heavy atom. The molecular formula is C15H10Cl2N2O2S. The van der Waals surface area contributed by atoms with Gasteiger partial charge in [0.15, 0.2) is 5.13 Å². The minimum atomic E-state index is -0.516. The summed E-state index contributed by atoms with van der Waals surface area (Å²) in [7, 11) is 0. The number of halogens is 2. The highest BCUT2D eigenvalue weighted by atomic mass is 35.5. The molecule has 1 heterocycles. The van der Waals surface area contributed by atoms with Gasteiger partial charge in [0.25, 0.3) is 5.91 Å². The van der Waals surface area contributed by atoms with E-state index in [-0.39, 0.29) is 21.4 Å². The van der Waals surface area contributed by atoms with Crippen LogP contribution in [0.4, 0.5) is 5.13 Å². The summed E-state index contributed by atoms with van der Waals surface area (Å²) >= 11 is 13.0. The number of carbonyl (C=O) groups is 1. The summed E-state index contributed by atoms with van der Waals surface area (Å²) in [6.07, 6.45) is 0. The zero-order chi connectivity index (χ0) is 15.9. The van der Waals surface area contributed by atoms with E-state index in [2.05, 4.69) is 10.3 Å². The molecule has 3 aromatic rings. The van der Waals surface area contributed by atoms with Crippen molar-refractivity contribution in [1.82, 2.24) is 4.98 Å². The number of aromatic hydroxyl groups is 1. The Balaban J connectivity index is 1.93. The zero-order valence-corrected chi connectivity index (χ0v) is 13.7. The highest BCUT2D eigenvalue weighted by Crippen LogP contribution is 2.32. The van der Waals surface area contributed by atoms with E-state index in [4.69, 9.17) is 23.2 Å². The SMILES string of the molecule is Cc1ccc2nc(NC(=O)c3cc(Cl)cc(Cl)c3O)sc2c1. The molecule has 0 fully saturated rings. The van der Waals surface area contributed by atoms with Gasteiger partial charge in [0.1, 0.15) is 5.75 Å². The highest BCUT2D eigenvalue weighted by molar-refractivity contribution is 7.22. The van der Waals surface area contributed by atoms with Gasteiger partial charge >= 0.3 is 0 Å². The fourth-order valence-corrected chi connectivity index (χ4v) is 3.44. The minimum absolute atomic E-state index is 0.00735. The number of anilines is 1. The molecule has 0 saturated carbocycles. The van der Waals surface area contributed by atoms with E-state index in [0.717, 1.165) is 15.8 Å². The minimum Gasteiger partial charge on any atom is -0.506 e. The second-order valence-electron chi connectivity index (χ2n) is 4.73. The van der Waals surface area contributed by atoms with Gasteiger partial charge in [-0.3, -0.25) is 10.1 Å². The van der Waals surface area contributed by atoms with Crippen molar-refractivity contribution >= 4 is 55.8 Å². The monoisotopic (exact) mass is 352 g/mol. The molecule has 22 heavy (non-hydrogen) atoms. The van der Waals surface area contributed by atoms with Crippen LogP contribution < -0.4 is 5.32 Å². The molecule has 0 spiro atoms. The second kappa shape index (κ2) is 5.76. The Labute approximate surface area is 140 Å². The standard InChI is InChI=1S/C15H10Cl2N2O2S/c1-7-2-3-11-12(4-7)22-15(18-11)19-14(21)9-5-8(16)6-10(17)13(9)20/h2-6,20H,1H3,(H,18,19,21). The molecule has 1 aromatic heterocycles. The van der Waals surface area contributed by atoms with Crippen LogP contribution in [0.1, 0.15) is 15.9 Å². The largest absolute Gasteiger partial charge is 0.506 e. The van der Waals surface area contributed by atoms with Crippen LogP contribution in [-0.4, -0.2) is 16.0 Å². The lowest BCUT2D eigenvalue weighted by Gasteiger charge is -2.06. The van der Waals surface area contributed by atoms with E-state index in [1.165, 1.54) is 23.5 Å². The second-order valence-corrected chi connectivity index (χ2v) is 6.60. The van der Waals surface area contributed by atoms with Crippen molar-refractivity contribution in [2.24, 2.45) is 0 Å². The topological polar surface area (TPSA) is 62.2 Å². The van der Waals surface area contributed by atoms with E-state index in [0.29, 0.717) is 5.13 Å². The number of hydrogen-bond donors (Lipinski definition) is 2. The number of hydrogen-bond acceptors (Lipinski definition) is 4. The number of aromatic nitrogens is 1. The van der Waals surface area contributed by atoms with Gasteiger partial charge in [-0.1, -0.05) is 40.6 Å². The normalized spacial score (nSPS) is 10.9. The number of nitrogens with one attached hydrogen (secondary N) is 1. The molecule has 2 aromatic carbocycles. The number of phenols is 1. The van der Waals surface area contributed by atoms with E-state index in [1.807, 2.05) is 25.1 Å². The smallest absolute Gasteiger partial charge is 0.261 e. The third-order valence-electron chi connectivity index (χ3n) is 3.04. The van der Waals surface area contributed by atoms with Gasteiger partial charge < -0.3 is 5.11 Å². The first-order valence-corrected chi connectivity index (χ1v) is 7.88. The molecule has 0 radical (unpaired) electrons. The molecule has 0 saturated heterocycles. The summed E-state index contributed by atoms with van der Waals surface area (Å²) in [5.74, 6) is -0.821. The van der Waals surface area contributed by atoms with E-state index in [9.17, 15) is 9.90 Å². The van der Waals surface area contributed by atoms with Gasteiger partial charge in [0.05, 0.1) is 20.8 Å². The third kappa shape index (κ3) is 2.88. The Hall–Kier alpha value is -1.82. The Morgan fingerprint density at radius 1 is 1.27 bits per heavy atom. The Kier molecular flexibility index (Phi) is 3.95. The van der Waals surface area contributed by atoms with Gasteiger partial charge in [0.2, 0.25) is 0 Å². The first kappa shape index (κ1) is 15.1. The first-order chi connectivity index (χ1) is 10.4. The Bertz CT molecular complexity index is 893. The number of rotatable bonds is 2. The molecule has 3 rings (SSSR count). The molecule has 4 nitrogen and oxygen atoms in total. The van der Waals surface area contributed by atoms with Gasteiger partial charge in [0, 0.05) is 5.02 Å². The third-order valence-corrected chi connectivity index (χ3v) is 4.48. The molecule has 0 aliphatic rings. The maximum Gasteiger partial charge on any atom is 0.261 e. The van der Waals surface area contributed by atoms with E-state index >= 15 is 0 Å². The molecule has 0 aliphatic heterocycles. The molecule has 0 bridgehead atoms. The average Bonchev–Trinajstić information content (AvgIpc) is 2.83. The van der Waals surface area contributed by atoms with Crippen LogP contribution in [0.15, 0.2) is 30.3 Å². The lowest BCUT2D eigenvalue weighted by atomic mass is 10.2. The van der Waals surface area contributed by atoms with Crippen molar-refractivity contribution in [3.05, 3.63) is 51.5 Å². The number of amides is 1. The number of thiazole rings is 1. The maximum absolute atomic E-state index is 12.3. The van der Waals surface area contributed by atoms with Crippen molar-refractivity contribution in [1.29, 1.82) is 0 Å². The number of aryl methyl sites for hydroxylation is 1. The summed E-state index contributed by atoms with van der Waals surface area (Å²) in [5, 5.41) is 13.3. The van der Waals surface area contributed by atoms with Crippen molar-refractivity contribution in [2.75, 3.05) is 5.32 Å². The van der Waals surface area contributed by atoms with Crippen LogP contribution in [0.3, 0.4) is 0 Å². The Morgan fingerprint density at radius 3 is 2.82 bits per heavy atom. The predicted molar refractivity (Wildman–Crippen MR) is 90.4 cm³/mol. The lowest BCUT2D eigenvalue weighted by molar-refractivity contribution is 0.102. The van der Waals surface area contributed by atoms with E-state index in [1.54, 1.807) is 0 Å². The highest BCUT2D eigenvalue weighted by Gasteiger charge is 2.17. The van der Waals surface area contributed by atoms with Crippen LogP contribution in [0.2, 0.25) is 10.0 Å². The van der Waals surface area contributed by atoms with Gasteiger partial charge in [-0.2, -0.15) is 0 Å². The quantitative estimate of drug-likeness (QED) is 0.691. The molecule has 0 aliphatic carbocycles. The average molecular weight is 353 g/mol. The van der Waals surface area contributed by atoms with Crippen LogP contribution in [-0.2, 0) is 0 Å². The van der Waals surface area contributed by atoms with E-state index < -0.39 is 5.91 Å². The number of carbonyl (C=O) groups excluding carboxylic acids is 1. The number of fused-ring (bicyclic) bond motifs is 1. The summed E-state index contributed by atoms with van der Waals surface area (Å²) in [6.45, 7) is 1.99. The van der Waals surface area contributed by atoms with Crippen LogP contribution in [0, 0.1) is 6.92 Å². The van der Waals surface area contributed by atoms with Crippen LogP contribution in [0.25, 0.3) is 10.2 Å². The summed E-state index contributed by atoms with van der Waals surface area (Å²) in [5.41, 5.74) is 1.93. The van der Waals surface area contributed by atoms with Crippen molar-refractivity contribution in [3.63, 3.8) is 0 Å². The summed E-state index contributed by atoms with van der Waals surface area (Å²) in [4.78, 5) is 16.6. The molecule has 2 N–H and O–H groups in total. The molecule has 0 atom stereocenters. The van der Waals surface area contributed by atoms with Crippen LogP contribution in [0.5, 0.6) is 5.75 Å². The van der Waals surface area contributed by atoms with Gasteiger partial charge in [-0.15, -0.1) is 0 Å². The maximum atomic E-state index is 12.3. The zero-order valence-electron chi connectivity index (χ0n) is 11.4. The van der Waals surface area contributed by atoms with Crippen molar-refractivity contribution < 1.29 is 9.90 Å². The predicted octanol–water partition coefficient (Wildman–Crippen LogP) is 4.87. The molecular weight excluding hydrogens is 343 g/mol. The summed E-state index contributed by atoms with van der Waals surface area (Å²) < 4.78 is 0.976. The summed E-state index contributed by atoms with van der Waals surface area (Å²) in [6, 6.07) is 8.57. The molecule has 0 unspecified atom stereocenters. The fraction of sp³-hybridized carbons (Fsp3) is 0.0667. The van der Waals surface area contributed by atoms with Crippen LogP contribution >= 0.6 is 34.5 Å². The number of nitrogens with zero attached hydrogens (tertiary/aromatic N) is 1. The number of phenolic OH excluding ortho intramolecular Hbond substituents is 1. The molecule has 7 heteroatoms. The van der Waals surface area contributed by atoms with Crippen molar-refractivity contribution in [2.45, 2.75) is 6.92 Å². The van der Waals surface area contributed by atoms with Gasteiger partial charge in [-0.05, 0) is 36.8 Å². The fourth-order valence-electron chi connectivity index (χ4n) is 1.99. The first-order valence-electron chi connectivity index (χ1n) is 6.30. The molecule has 1 amide bonds. The van der Waals surface area contributed by atoms with Gasteiger partial charge in [-0.25, -0.2) is 4.98 Å². The van der Waals surface area contributed by atoms with Crippen molar-refractivity contribution in [3.8, 4) is 5.75 Å². The lowest BCUT2D eigenvalue weighted by Crippen LogP contribution is -2.12. The molecule has 112 valence electrons. The number of benzene rings is 2.